The SMILES string of the molecule is COC(=O)CC1CC(OC(=O)N2CCNCC2)C(C)C(/C(C)=C/C=C/C(C)C[C@@]2(C)O[C@@H]2[C@H](C)[C@@H](OC)[C@@H](C)O)O1. The maximum atomic E-state index is 12.9. The van der Waals surface area contributed by atoms with Gasteiger partial charge in [-0.3, -0.25) is 4.79 Å². The summed E-state index contributed by atoms with van der Waals surface area (Å²) in [4.78, 5) is 26.7. The van der Waals surface area contributed by atoms with E-state index < -0.39 is 12.2 Å². The predicted octanol–water partition coefficient (Wildman–Crippen LogP) is 3.47. The predicted molar refractivity (Wildman–Crippen MR) is 155 cm³/mol. The number of aliphatic hydroxyl groups excluding tert-OH is 1. The minimum absolute atomic E-state index is 0.0410. The maximum Gasteiger partial charge on any atom is 0.410 e. The van der Waals surface area contributed by atoms with Gasteiger partial charge in [0.2, 0.25) is 0 Å². The van der Waals surface area contributed by atoms with Crippen LogP contribution in [0.2, 0.25) is 0 Å². The van der Waals surface area contributed by atoms with Gasteiger partial charge in [0.1, 0.15) is 6.10 Å². The number of methoxy groups -OCH3 is 2. The van der Waals surface area contributed by atoms with Crippen molar-refractivity contribution in [1.82, 2.24) is 10.2 Å². The average Bonchev–Trinajstić information content (AvgIpc) is 3.60. The van der Waals surface area contributed by atoms with Crippen LogP contribution in [0.5, 0.6) is 0 Å². The van der Waals surface area contributed by atoms with Crippen LogP contribution in [0.1, 0.15) is 60.8 Å². The molecule has 10 nitrogen and oxygen atoms in total. The van der Waals surface area contributed by atoms with Gasteiger partial charge in [0.15, 0.2) is 0 Å². The summed E-state index contributed by atoms with van der Waals surface area (Å²) in [5, 5.41) is 13.3. The van der Waals surface area contributed by atoms with Gasteiger partial charge in [0, 0.05) is 51.5 Å². The second kappa shape index (κ2) is 15.0. The molecule has 1 amide bonds. The van der Waals surface area contributed by atoms with Crippen molar-refractivity contribution >= 4 is 12.1 Å². The van der Waals surface area contributed by atoms with Crippen LogP contribution in [0.25, 0.3) is 0 Å². The lowest BCUT2D eigenvalue weighted by Gasteiger charge is -2.41. The second-order valence-corrected chi connectivity index (χ2v) is 12.3. The summed E-state index contributed by atoms with van der Waals surface area (Å²) in [6.45, 7) is 14.9. The molecule has 0 aliphatic carbocycles. The van der Waals surface area contributed by atoms with E-state index in [0.717, 1.165) is 25.1 Å². The topological polar surface area (TPSA) is 119 Å². The van der Waals surface area contributed by atoms with E-state index in [1.54, 1.807) is 18.9 Å². The van der Waals surface area contributed by atoms with Gasteiger partial charge in [-0.2, -0.15) is 0 Å². The van der Waals surface area contributed by atoms with Gasteiger partial charge < -0.3 is 39.0 Å². The zero-order valence-electron chi connectivity index (χ0n) is 26.1. The molecule has 3 fully saturated rings. The Bertz CT molecular complexity index is 933. The first-order chi connectivity index (χ1) is 19.4. The van der Waals surface area contributed by atoms with Crippen molar-refractivity contribution < 1.29 is 38.4 Å². The lowest BCUT2D eigenvalue weighted by atomic mass is 9.85. The number of ether oxygens (including phenoxy) is 5. The molecule has 0 spiro atoms. The molecule has 2 N–H and O–H groups in total. The summed E-state index contributed by atoms with van der Waals surface area (Å²) in [7, 11) is 2.99. The smallest absolute Gasteiger partial charge is 0.410 e. The molecule has 0 saturated carbocycles. The highest BCUT2D eigenvalue weighted by Gasteiger charge is 2.56. The Hall–Kier alpha value is -1.98. The van der Waals surface area contributed by atoms with E-state index in [-0.39, 0.29) is 66.3 Å². The molecule has 3 saturated heterocycles. The van der Waals surface area contributed by atoms with Crippen LogP contribution in [0, 0.1) is 17.8 Å². The average molecular weight is 581 g/mol. The Labute approximate surface area is 245 Å². The zero-order chi connectivity index (χ0) is 30.3. The molecule has 3 rings (SSSR count). The summed E-state index contributed by atoms with van der Waals surface area (Å²) in [6, 6.07) is 0. The molecule has 10 atom stereocenters. The van der Waals surface area contributed by atoms with E-state index in [1.165, 1.54) is 7.11 Å². The number of nitrogens with one attached hydrogen (secondary N) is 1. The normalized spacial score (nSPS) is 33.6. The number of epoxide rings is 1. The van der Waals surface area contributed by atoms with Gasteiger partial charge in [-0.05, 0) is 38.7 Å². The van der Waals surface area contributed by atoms with Crippen LogP contribution in [0.3, 0.4) is 0 Å². The molecule has 3 heterocycles. The van der Waals surface area contributed by atoms with Gasteiger partial charge in [-0.25, -0.2) is 4.79 Å². The number of nitrogens with zero attached hydrogens (tertiary/aromatic N) is 1. The number of carbonyl (C=O) groups excluding carboxylic acids is 2. The van der Waals surface area contributed by atoms with Crippen molar-refractivity contribution in [1.29, 1.82) is 0 Å². The minimum Gasteiger partial charge on any atom is -0.469 e. The summed E-state index contributed by atoms with van der Waals surface area (Å²) >= 11 is 0. The first-order valence-corrected chi connectivity index (χ1v) is 15.0. The molecule has 234 valence electrons. The van der Waals surface area contributed by atoms with Crippen molar-refractivity contribution in [3.63, 3.8) is 0 Å². The van der Waals surface area contributed by atoms with Crippen LogP contribution in [0.4, 0.5) is 4.79 Å². The third kappa shape index (κ3) is 9.00. The van der Waals surface area contributed by atoms with E-state index >= 15 is 0 Å². The van der Waals surface area contributed by atoms with E-state index in [2.05, 4.69) is 32.2 Å². The Kier molecular flexibility index (Phi) is 12.2. The number of carbonyl (C=O) groups is 2. The fourth-order valence-electron chi connectivity index (χ4n) is 6.49. The van der Waals surface area contributed by atoms with Crippen LogP contribution < -0.4 is 5.32 Å². The van der Waals surface area contributed by atoms with Gasteiger partial charge in [0.05, 0.1) is 49.7 Å². The van der Waals surface area contributed by atoms with Gasteiger partial charge in [0.25, 0.3) is 0 Å². The Morgan fingerprint density at radius 2 is 1.88 bits per heavy atom. The summed E-state index contributed by atoms with van der Waals surface area (Å²) in [5.41, 5.74) is 0.746. The summed E-state index contributed by atoms with van der Waals surface area (Å²) in [6.07, 6.45) is 5.46. The molecular formula is C31H52N2O8. The number of piperazine rings is 1. The third-order valence-electron chi connectivity index (χ3n) is 8.81. The Morgan fingerprint density at radius 1 is 1.20 bits per heavy atom. The van der Waals surface area contributed by atoms with Crippen LogP contribution in [-0.4, -0.2) is 105 Å². The number of esters is 1. The highest BCUT2D eigenvalue weighted by molar-refractivity contribution is 5.70. The highest BCUT2D eigenvalue weighted by Crippen LogP contribution is 2.47. The standard InChI is InChI=1S/C31H52N2O8/c1-19(18-31(6)29(41-31)22(4)28(38-8)23(5)34)10-9-11-20(2)27-21(3)25(16-24(39-27)17-26(35)37-7)40-30(36)33-14-12-32-13-15-33/h9-11,19,21-25,27-29,32,34H,12-18H2,1-8H3/b10-9+,20-11+/t19?,21?,22-,23-,24?,25?,27?,28-,29-,31-/m1/s1. The molecule has 3 aliphatic heterocycles. The maximum absolute atomic E-state index is 12.9. The molecule has 5 unspecified atom stereocenters. The Balaban J connectivity index is 1.62. The molecule has 0 bridgehead atoms. The molecule has 0 radical (unpaired) electrons. The number of hydrogen-bond acceptors (Lipinski definition) is 9. The van der Waals surface area contributed by atoms with E-state index in [4.69, 9.17) is 23.7 Å². The molecule has 0 aromatic carbocycles. The third-order valence-corrected chi connectivity index (χ3v) is 8.81. The number of rotatable bonds is 12. The number of allylic oxidation sites excluding steroid dienone is 3. The first kappa shape index (κ1) is 33.5. The van der Waals surface area contributed by atoms with E-state index in [1.807, 2.05) is 26.0 Å². The summed E-state index contributed by atoms with van der Waals surface area (Å²) in [5.74, 6) is -0.0841. The highest BCUT2D eigenvalue weighted by atomic mass is 16.6. The van der Waals surface area contributed by atoms with Crippen molar-refractivity contribution in [3.05, 3.63) is 23.8 Å². The second-order valence-electron chi connectivity index (χ2n) is 12.3. The van der Waals surface area contributed by atoms with E-state index in [0.29, 0.717) is 19.5 Å². The van der Waals surface area contributed by atoms with Gasteiger partial charge in [-0.1, -0.05) is 39.0 Å². The largest absolute Gasteiger partial charge is 0.469 e. The van der Waals surface area contributed by atoms with Gasteiger partial charge in [-0.15, -0.1) is 0 Å². The zero-order valence-corrected chi connectivity index (χ0v) is 26.1. The first-order valence-electron chi connectivity index (χ1n) is 15.0. The molecular weight excluding hydrogens is 528 g/mol. The number of aliphatic hydroxyl groups is 1. The lowest BCUT2D eigenvalue weighted by Crippen LogP contribution is -2.50. The monoisotopic (exact) mass is 580 g/mol. The van der Waals surface area contributed by atoms with Crippen molar-refractivity contribution in [2.75, 3.05) is 40.4 Å². The van der Waals surface area contributed by atoms with Crippen LogP contribution in [-0.2, 0) is 28.5 Å². The lowest BCUT2D eigenvalue weighted by molar-refractivity contribution is -0.154. The molecule has 0 aromatic heterocycles. The van der Waals surface area contributed by atoms with Crippen molar-refractivity contribution in [3.8, 4) is 0 Å². The van der Waals surface area contributed by atoms with Crippen LogP contribution >= 0.6 is 0 Å². The Morgan fingerprint density at radius 3 is 2.49 bits per heavy atom. The van der Waals surface area contributed by atoms with Gasteiger partial charge >= 0.3 is 12.1 Å². The van der Waals surface area contributed by atoms with E-state index in [9.17, 15) is 14.7 Å². The molecule has 41 heavy (non-hydrogen) atoms. The molecule has 0 aromatic rings. The molecule has 3 aliphatic rings. The number of hydrogen-bond donors (Lipinski definition) is 2. The minimum atomic E-state index is -0.560. The summed E-state index contributed by atoms with van der Waals surface area (Å²) < 4.78 is 28.8. The fourth-order valence-corrected chi connectivity index (χ4v) is 6.49. The molecule has 10 heteroatoms. The quantitative estimate of drug-likeness (QED) is 0.203. The number of amides is 1. The van der Waals surface area contributed by atoms with Crippen molar-refractivity contribution in [2.45, 2.75) is 103 Å². The van der Waals surface area contributed by atoms with Crippen LogP contribution in [0.15, 0.2) is 23.8 Å². The fraction of sp³-hybridized carbons (Fsp3) is 0.806. The van der Waals surface area contributed by atoms with Crippen molar-refractivity contribution in [2.24, 2.45) is 17.8 Å².